The predicted molar refractivity (Wildman–Crippen MR) is 72.3 cm³/mol. The Labute approximate surface area is 108 Å². The zero-order valence-electron chi connectivity index (χ0n) is 11.4. The number of carbonyl (C=O) groups is 1. The van der Waals surface area contributed by atoms with Gasteiger partial charge in [-0.15, -0.1) is 0 Å². The Hall–Kier alpha value is -1.71. The zero-order chi connectivity index (χ0) is 13.8. The number of methoxy groups -OCH3 is 1. The van der Waals surface area contributed by atoms with Gasteiger partial charge in [0.1, 0.15) is 5.75 Å². The molecule has 0 fully saturated rings. The van der Waals surface area contributed by atoms with Crippen LogP contribution in [-0.2, 0) is 11.2 Å². The molecule has 0 atom stereocenters. The van der Waals surface area contributed by atoms with E-state index >= 15 is 0 Å². The fourth-order valence-electron chi connectivity index (χ4n) is 1.56. The molecule has 4 heteroatoms. The van der Waals surface area contributed by atoms with Gasteiger partial charge in [0.2, 0.25) is 0 Å². The lowest BCUT2D eigenvalue weighted by Gasteiger charge is -2.20. The summed E-state index contributed by atoms with van der Waals surface area (Å²) in [7, 11) is 1.65. The third-order valence-electron chi connectivity index (χ3n) is 2.97. The fourth-order valence-corrected chi connectivity index (χ4v) is 1.56. The summed E-state index contributed by atoms with van der Waals surface area (Å²) in [5.41, 5.74) is 1.24. The van der Waals surface area contributed by atoms with E-state index in [1.165, 1.54) is 0 Å². The molecule has 0 saturated carbocycles. The van der Waals surface area contributed by atoms with Crippen LogP contribution in [0, 0.1) is 5.41 Å². The average Bonchev–Trinajstić information content (AvgIpc) is 2.35. The molecular weight excluding hydrogens is 230 g/mol. The third-order valence-corrected chi connectivity index (χ3v) is 2.97. The number of nitrogens with one attached hydrogen (secondary N) is 1. The fraction of sp³-hybridized carbons (Fsp3) is 0.500. The minimum Gasteiger partial charge on any atom is -0.496 e. The van der Waals surface area contributed by atoms with E-state index in [1.807, 2.05) is 18.2 Å². The van der Waals surface area contributed by atoms with Crippen LogP contribution in [-0.4, -0.2) is 24.7 Å². The largest absolute Gasteiger partial charge is 0.496 e. The summed E-state index contributed by atoms with van der Waals surface area (Å²) in [6, 6.07) is 5.79. The highest BCUT2D eigenvalue weighted by molar-refractivity contribution is 5.74. The van der Waals surface area contributed by atoms with E-state index < -0.39 is 11.4 Å². The molecule has 0 radical (unpaired) electrons. The number of ether oxygens (including phenoxy) is 1. The van der Waals surface area contributed by atoms with E-state index in [4.69, 9.17) is 9.84 Å². The van der Waals surface area contributed by atoms with Crippen LogP contribution >= 0.6 is 0 Å². The van der Waals surface area contributed by atoms with E-state index in [-0.39, 0.29) is 0 Å². The zero-order valence-corrected chi connectivity index (χ0v) is 11.4. The highest BCUT2D eigenvalue weighted by Gasteiger charge is 2.26. The van der Waals surface area contributed by atoms with Gasteiger partial charge in [0.25, 0.3) is 0 Å². The van der Waals surface area contributed by atoms with Crippen molar-refractivity contribution in [2.75, 3.05) is 19.0 Å². The molecule has 0 unspecified atom stereocenters. The Morgan fingerprint density at radius 2 is 2.11 bits per heavy atom. The lowest BCUT2D eigenvalue weighted by Crippen LogP contribution is -2.31. The van der Waals surface area contributed by atoms with E-state index in [0.717, 1.165) is 23.4 Å². The summed E-state index contributed by atoms with van der Waals surface area (Å²) >= 11 is 0. The molecule has 0 heterocycles. The molecule has 0 aliphatic rings. The van der Waals surface area contributed by atoms with Crippen molar-refractivity contribution >= 4 is 11.7 Å². The van der Waals surface area contributed by atoms with E-state index in [1.54, 1.807) is 21.0 Å². The molecule has 0 saturated heterocycles. The number of carboxylic acids is 1. The van der Waals surface area contributed by atoms with Crippen molar-refractivity contribution in [2.24, 2.45) is 5.41 Å². The molecule has 1 rings (SSSR count). The Morgan fingerprint density at radius 3 is 2.61 bits per heavy atom. The first-order valence-corrected chi connectivity index (χ1v) is 6.05. The molecule has 0 bridgehead atoms. The Morgan fingerprint density at radius 1 is 1.44 bits per heavy atom. The van der Waals surface area contributed by atoms with Crippen molar-refractivity contribution in [2.45, 2.75) is 27.2 Å². The first kappa shape index (κ1) is 14.4. The molecule has 100 valence electrons. The number of benzene rings is 1. The van der Waals surface area contributed by atoms with Gasteiger partial charge in [0.15, 0.2) is 0 Å². The minimum absolute atomic E-state index is 0.387. The summed E-state index contributed by atoms with van der Waals surface area (Å²) in [5, 5.41) is 12.2. The summed E-state index contributed by atoms with van der Waals surface area (Å²) in [4.78, 5) is 11.0. The molecule has 1 aromatic rings. The van der Waals surface area contributed by atoms with Crippen LogP contribution in [0.15, 0.2) is 18.2 Å². The van der Waals surface area contributed by atoms with Crippen molar-refractivity contribution in [3.63, 3.8) is 0 Å². The number of aliphatic carboxylic acids is 1. The van der Waals surface area contributed by atoms with Crippen molar-refractivity contribution in [1.82, 2.24) is 0 Å². The molecule has 0 amide bonds. The minimum atomic E-state index is -0.806. The summed E-state index contributed by atoms with van der Waals surface area (Å²) in [5.74, 6) is 0.0553. The van der Waals surface area contributed by atoms with Gasteiger partial charge in [0, 0.05) is 12.2 Å². The van der Waals surface area contributed by atoms with Gasteiger partial charge in [-0.3, -0.25) is 4.79 Å². The van der Waals surface area contributed by atoms with Gasteiger partial charge in [-0.2, -0.15) is 0 Å². The van der Waals surface area contributed by atoms with Crippen molar-refractivity contribution in [1.29, 1.82) is 0 Å². The molecule has 18 heavy (non-hydrogen) atoms. The standard InChI is InChI=1S/C14H21NO3/c1-5-10-8-11(6-7-12(10)18-4)15-9-14(2,3)13(16)17/h6-8,15H,5,9H2,1-4H3,(H,16,17). The van der Waals surface area contributed by atoms with Crippen molar-refractivity contribution in [3.8, 4) is 5.75 Å². The second kappa shape index (κ2) is 5.76. The van der Waals surface area contributed by atoms with Crippen LogP contribution in [0.2, 0.25) is 0 Å². The quantitative estimate of drug-likeness (QED) is 0.816. The van der Waals surface area contributed by atoms with Crippen molar-refractivity contribution < 1.29 is 14.6 Å². The van der Waals surface area contributed by atoms with Crippen LogP contribution < -0.4 is 10.1 Å². The number of aryl methyl sites for hydroxylation is 1. The maximum Gasteiger partial charge on any atom is 0.310 e. The van der Waals surface area contributed by atoms with Crippen LogP contribution in [0.3, 0.4) is 0 Å². The van der Waals surface area contributed by atoms with Gasteiger partial charge < -0.3 is 15.2 Å². The smallest absolute Gasteiger partial charge is 0.310 e. The summed E-state index contributed by atoms with van der Waals surface area (Å²) in [6.07, 6.45) is 0.876. The van der Waals surface area contributed by atoms with Crippen LogP contribution in [0.25, 0.3) is 0 Å². The Bertz CT molecular complexity index is 427. The number of anilines is 1. The predicted octanol–water partition coefficient (Wildman–Crippen LogP) is 2.78. The van der Waals surface area contributed by atoms with Crippen molar-refractivity contribution in [3.05, 3.63) is 23.8 Å². The summed E-state index contributed by atoms with van der Waals surface area (Å²) in [6.45, 7) is 5.85. The van der Waals surface area contributed by atoms with E-state index in [2.05, 4.69) is 12.2 Å². The van der Waals surface area contributed by atoms with Gasteiger partial charge in [-0.1, -0.05) is 6.92 Å². The monoisotopic (exact) mass is 251 g/mol. The molecule has 4 nitrogen and oxygen atoms in total. The second-order valence-electron chi connectivity index (χ2n) is 4.92. The molecule has 0 spiro atoms. The molecule has 0 aliphatic heterocycles. The van der Waals surface area contributed by atoms with Gasteiger partial charge in [-0.05, 0) is 44.0 Å². The third kappa shape index (κ3) is 3.39. The number of carboxylic acid groups (broad SMARTS) is 1. The molecule has 2 N–H and O–H groups in total. The number of hydrogen-bond acceptors (Lipinski definition) is 3. The highest BCUT2D eigenvalue weighted by atomic mass is 16.5. The average molecular weight is 251 g/mol. The highest BCUT2D eigenvalue weighted by Crippen LogP contribution is 2.24. The maximum atomic E-state index is 11.0. The van der Waals surface area contributed by atoms with Gasteiger partial charge in [0.05, 0.1) is 12.5 Å². The number of hydrogen-bond donors (Lipinski definition) is 2. The first-order chi connectivity index (χ1) is 8.40. The van der Waals surface area contributed by atoms with E-state index in [9.17, 15) is 4.79 Å². The SMILES string of the molecule is CCc1cc(NCC(C)(C)C(=O)O)ccc1OC. The lowest BCUT2D eigenvalue weighted by atomic mass is 9.94. The topological polar surface area (TPSA) is 58.6 Å². The Kier molecular flexibility index (Phi) is 4.59. The Balaban J connectivity index is 2.77. The first-order valence-electron chi connectivity index (χ1n) is 6.05. The normalized spacial score (nSPS) is 11.1. The summed E-state index contributed by atoms with van der Waals surface area (Å²) < 4.78 is 5.25. The van der Waals surface area contributed by atoms with Crippen LogP contribution in [0.4, 0.5) is 5.69 Å². The second-order valence-corrected chi connectivity index (χ2v) is 4.92. The lowest BCUT2D eigenvalue weighted by molar-refractivity contribution is -0.146. The maximum absolute atomic E-state index is 11.0. The molecule has 0 aliphatic carbocycles. The van der Waals surface area contributed by atoms with Gasteiger partial charge in [-0.25, -0.2) is 0 Å². The number of rotatable bonds is 6. The molecular formula is C14H21NO3. The van der Waals surface area contributed by atoms with E-state index in [0.29, 0.717) is 6.54 Å². The molecule has 1 aromatic carbocycles. The van der Waals surface area contributed by atoms with Crippen LogP contribution in [0.1, 0.15) is 26.3 Å². The molecule has 0 aromatic heterocycles. The van der Waals surface area contributed by atoms with Crippen LogP contribution in [0.5, 0.6) is 5.75 Å². The van der Waals surface area contributed by atoms with Gasteiger partial charge >= 0.3 is 5.97 Å².